The van der Waals surface area contributed by atoms with Crippen LogP contribution in [0.1, 0.15) is 30.8 Å². The Morgan fingerprint density at radius 1 is 1.39 bits per heavy atom. The smallest absolute Gasteiger partial charge is 0.322 e. The molecule has 1 fully saturated rings. The number of aromatic nitrogens is 6. The lowest BCUT2D eigenvalue weighted by Gasteiger charge is -2.16. The largest absolute Gasteiger partial charge is 0.345 e. The Kier molecular flexibility index (Phi) is 4.00. The molecule has 144 valence electrons. The lowest BCUT2D eigenvalue weighted by atomic mass is 9.93. The van der Waals surface area contributed by atoms with E-state index < -0.39 is 0 Å². The van der Waals surface area contributed by atoms with Gasteiger partial charge in [0.15, 0.2) is 11.3 Å². The first-order chi connectivity index (χ1) is 13.6. The molecule has 1 aliphatic heterocycles. The zero-order valence-electron chi connectivity index (χ0n) is 15.6. The molecule has 0 aliphatic carbocycles. The summed E-state index contributed by atoms with van der Waals surface area (Å²) in [6.45, 7) is 5.37. The Hall–Kier alpha value is -3.01. The fourth-order valence-corrected chi connectivity index (χ4v) is 4.64. The van der Waals surface area contributed by atoms with Gasteiger partial charge < -0.3 is 9.88 Å². The van der Waals surface area contributed by atoms with Gasteiger partial charge in [-0.1, -0.05) is 13.3 Å². The Morgan fingerprint density at radius 3 is 3.07 bits per heavy atom. The average Bonchev–Trinajstić information content (AvgIpc) is 3.45. The number of hydrogen-bond donors (Lipinski definition) is 2. The van der Waals surface area contributed by atoms with Crippen molar-refractivity contribution in [2.75, 3.05) is 18.4 Å². The van der Waals surface area contributed by atoms with Crippen molar-refractivity contribution in [3.05, 3.63) is 36.0 Å². The van der Waals surface area contributed by atoms with Crippen molar-refractivity contribution in [2.24, 2.45) is 5.92 Å². The Bertz CT molecular complexity index is 1160. The summed E-state index contributed by atoms with van der Waals surface area (Å²) in [6.07, 6.45) is 4.55. The van der Waals surface area contributed by atoms with Crippen LogP contribution in [0, 0.1) is 12.8 Å². The molecule has 1 saturated heterocycles. The van der Waals surface area contributed by atoms with E-state index in [0.29, 0.717) is 19.0 Å². The number of carbonyl (C=O) groups is 1. The van der Waals surface area contributed by atoms with Crippen LogP contribution in [0.5, 0.6) is 0 Å². The minimum Gasteiger partial charge on any atom is -0.345 e. The van der Waals surface area contributed by atoms with Crippen LogP contribution in [0.2, 0.25) is 0 Å². The molecule has 9 nitrogen and oxygen atoms in total. The van der Waals surface area contributed by atoms with E-state index in [4.69, 9.17) is 0 Å². The molecule has 28 heavy (non-hydrogen) atoms. The van der Waals surface area contributed by atoms with Gasteiger partial charge in [0.25, 0.3) is 0 Å². The van der Waals surface area contributed by atoms with Crippen molar-refractivity contribution in [3.63, 3.8) is 0 Å². The maximum absolute atomic E-state index is 12.8. The average molecular weight is 396 g/mol. The molecule has 10 heteroatoms. The van der Waals surface area contributed by atoms with Gasteiger partial charge >= 0.3 is 6.03 Å². The maximum Gasteiger partial charge on any atom is 0.322 e. The maximum atomic E-state index is 12.8. The second-order valence-corrected chi connectivity index (χ2v) is 7.97. The van der Waals surface area contributed by atoms with Gasteiger partial charge in [-0.25, -0.2) is 9.78 Å². The molecule has 2 amide bonds. The van der Waals surface area contributed by atoms with Crippen LogP contribution in [-0.4, -0.2) is 53.0 Å². The summed E-state index contributed by atoms with van der Waals surface area (Å²) in [5.74, 6) is 1.33. The van der Waals surface area contributed by atoms with Crippen molar-refractivity contribution < 1.29 is 4.79 Å². The van der Waals surface area contributed by atoms with Gasteiger partial charge in [-0.15, -0.1) is 10.2 Å². The van der Waals surface area contributed by atoms with E-state index in [1.54, 1.807) is 6.20 Å². The summed E-state index contributed by atoms with van der Waals surface area (Å²) < 4.78 is 6.27. The van der Waals surface area contributed by atoms with E-state index in [1.165, 1.54) is 11.5 Å². The lowest BCUT2D eigenvalue weighted by molar-refractivity contribution is 0.220. The van der Waals surface area contributed by atoms with Gasteiger partial charge in [0, 0.05) is 25.2 Å². The van der Waals surface area contributed by atoms with Gasteiger partial charge in [0.1, 0.15) is 10.8 Å². The molecule has 0 spiro atoms. The zero-order valence-corrected chi connectivity index (χ0v) is 16.4. The van der Waals surface area contributed by atoms with Crippen molar-refractivity contribution in [3.8, 4) is 0 Å². The fourth-order valence-electron chi connectivity index (χ4n) is 3.99. The van der Waals surface area contributed by atoms with Crippen molar-refractivity contribution in [1.29, 1.82) is 0 Å². The van der Waals surface area contributed by atoms with Gasteiger partial charge in [0.05, 0.1) is 17.4 Å². The molecule has 0 radical (unpaired) electrons. The topological polar surface area (TPSA) is 104 Å². The predicted molar refractivity (Wildman–Crippen MR) is 107 cm³/mol. The second kappa shape index (κ2) is 6.55. The third-order valence-corrected chi connectivity index (χ3v) is 6.21. The highest BCUT2D eigenvalue weighted by Crippen LogP contribution is 2.35. The number of likely N-dealkylation sites (tertiary alicyclic amines) is 1. The molecule has 0 aromatic carbocycles. The Morgan fingerprint density at radius 2 is 2.29 bits per heavy atom. The van der Waals surface area contributed by atoms with Gasteiger partial charge in [-0.2, -0.15) is 4.37 Å². The summed E-state index contributed by atoms with van der Waals surface area (Å²) in [5, 5.41) is 12.5. The monoisotopic (exact) mass is 396 g/mol. The molecule has 4 aromatic heterocycles. The van der Waals surface area contributed by atoms with Crippen LogP contribution in [0.25, 0.3) is 16.8 Å². The molecule has 2 atom stereocenters. The summed E-state index contributed by atoms with van der Waals surface area (Å²) in [6, 6.07) is 3.77. The lowest BCUT2D eigenvalue weighted by Crippen LogP contribution is -2.33. The van der Waals surface area contributed by atoms with Crippen LogP contribution < -0.4 is 5.32 Å². The van der Waals surface area contributed by atoms with Crippen LogP contribution >= 0.6 is 11.5 Å². The van der Waals surface area contributed by atoms with Crippen molar-refractivity contribution in [2.45, 2.75) is 26.2 Å². The Balaban J connectivity index is 1.46. The zero-order chi connectivity index (χ0) is 19.3. The SMILES string of the molecule is CC[C@H]1CN(C(=O)Nc2cc(C)ns2)C[C@H]1c1nnc2cnc3[nH]ccc3n12. The third kappa shape index (κ3) is 2.71. The summed E-state index contributed by atoms with van der Waals surface area (Å²) in [4.78, 5) is 22.2. The molecule has 5 rings (SSSR count). The quantitative estimate of drug-likeness (QED) is 0.554. The van der Waals surface area contributed by atoms with E-state index >= 15 is 0 Å². The fraction of sp³-hybridized carbons (Fsp3) is 0.389. The highest BCUT2D eigenvalue weighted by molar-refractivity contribution is 7.10. The van der Waals surface area contributed by atoms with E-state index in [-0.39, 0.29) is 11.9 Å². The molecular weight excluding hydrogens is 376 g/mol. The highest BCUT2D eigenvalue weighted by atomic mass is 32.1. The second-order valence-electron chi connectivity index (χ2n) is 7.16. The number of anilines is 1. The molecular formula is C18H20N8OS. The van der Waals surface area contributed by atoms with E-state index in [2.05, 4.69) is 41.2 Å². The van der Waals surface area contributed by atoms with Crippen LogP contribution in [0.15, 0.2) is 24.5 Å². The number of nitrogens with zero attached hydrogens (tertiary/aromatic N) is 6. The molecule has 5 heterocycles. The molecule has 2 N–H and O–H groups in total. The first kappa shape index (κ1) is 17.1. The number of aryl methyl sites for hydroxylation is 1. The van der Waals surface area contributed by atoms with Gasteiger partial charge in [0.2, 0.25) is 0 Å². The number of aromatic amines is 1. The number of urea groups is 1. The van der Waals surface area contributed by atoms with E-state index in [0.717, 1.165) is 39.8 Å². The number of fused-ring (bicyclic) bond motifs is 3. The van der Waals surface area contributed by atoms with Gasteiger partial charge in [-0.3, -0.25) is 9.72 Å². The normalized spacial score (nSPS) is 19.7. The summed E-state index contributed by atoms with van der Waals surface area (Å²) >= 11 is 1.30. The molecule has 0 saturated carbocycles. The van der Waals surface area contributed by atoms with Crippen LogP contribution in [-0.2, 0) is 0 Å². The third-order valence-electron chi connectivity index (χ3n) is 5.41. The molecule has 1 aliphatic rings. The number of hydrogen-bond acceptors (Lipinski definition) is 6. The van der Waals surface area contributed by atoms with Crippen molar-refractivity contribution >= 4 is 39.4 Å². The number of nitrogens with one attached hydrogen (secondary N) is 2. The first-order valence-corrected chi connectivity index (χ1v) is 10.1. The highest BCUT2D eigenvalue weighted by Gasteiger charge is 2.38. The molecule has 0 unspecified atom stereocenters. The first-order valence-electron chi connectivity index (χ1n) is 9.30. The number of rotatable bonds is 3. The minimum atomic E-state index is -0.0909. The van der Waals surface area contributed by atoms with Crippen LogP contribution in [0.3, 0.4) is 0 Å². The summed E-state index contributed by atoms with van der Waals surface area (Å²) in [7, 11) is 0. The van der Waals surface area contributed by atoms with E-state index in [9.17, 15) is 4.79 Å². The van der Waals surface area contributed by atoms with Gasteiger partial charge in [-0.05, 0) is 36.5 Å². The standard InChI is InChI=1S/C18H20N8OS/c1-3-11-8-25(18(27)21-15-6-10(2)24-28-15)9-12(11)17-23-22-14-7-20-16-13(26(14)17)4-5-19-16/h4-7,11-12,19H,3,8-9H2,1-2H3,(H,21,27)/t11-,12+/m0/s1. The van der Waals surface area contributed by atoms with Crippen LogP contribution in [0.4, 0.5) is 9.80 Å². The minimum absolute atomic E-state index is 0.0909. The van der Waals surface area contributed by atoms with E-state index in [1.807, 2.05) is 30.2 Å². The number of H-pyrrole nitrogens is 1. The number of carbonyl (C=O) groups excluding carboxylic acids is 1. The molecule has 4 aromatic rings. The van der Waals surface area contributed by atoms with Crippen molar-refractivity contribution in [1.82, 2.24) is 33.8 Å². The predicted octanol–water partition coefficient (Wildman–Crippen LogP) is 3.03. The summed E-state index contributed by atoms with van der Waals surface area (Å²) in [5.41, 5.74) is 3.38. The Labute approximate surface area is 165 Å². The molecule has 0 bridgehead atoms. The number of amides is 2.